The molecule has 0 fully saturated rings. The first kappa shape index (κ1) is 17.9. The number of halogens is 1. The second-order valence-electron chi connectivity index (χ2n) is 4.66. The van der Waals surface area contributed by atoms with Crippen molar-refractivity contribution in [3.63, 3.8) is 0 Å². The Labute approximate surface area is 147 Å². The van der Waals surface area contributed by atoms with E-state index in [-0.39, 0.29) is 23.3 Å². The number of thiazole rings is 1. The Kier molecular flexibility index (Phi) is 6.28. The molecule has 9 heteroatoms. The molecule has 0 unspecified atom stereocenters. The minimum absolute atomic E-state index is 0.0302. The third kappa shape index (κ3) is 5.32. The van der Waals surface area contributed by atoms with E-state index in [9.17, 15) is 14.4 Å². The summed E-state index contributed by atoms with van der Waals surface area (Å²) in [6.07, 6.45) is 0. The van der Waals surface area contributed by atoms with Crippen LogP contribution in [0.15, 0.2) is 29.6 Å². The van der Waals surface area contributed by atoms with E-state index in [0.29, 0.717) is 5.02 Å². The van der Waals surface area contributed by atoms with Crippen molar-refractivity contribution in [3.8, 4) is 0 Å². The maximum absolute atomic E-state index is 11.8. The number of rotatable bonds is 6. The van der Waals surface area contributed by atoms with Gasteiger partial charge in [-0.25, -0.2) is 9.78 Å². The minimum Gasteiger partial charge on any atom is -0.451 e. The van der Waals surface area contributed by atoms with E-state index >= 15 is 0 Å². The first-order valence-electron chi connectivity index (χ1n) is 6.86. The van der Waals surface area contributed by atoms with Gasteiger partial charge in [0.2, 0.25) is 5.91 Å². The monoisotopic (exact) mass is 367 g/mol. The molecule has 2 amide bonds. The molecule has 0 spiro atoms. The van der Waals surface area contributed by atoms with E-state index in [1.54, 1.807) is 18.2 Å². The first-order valence-corrected chi connectivity index (χ1v) is 8.12. The van der Waals surface area contributed by atoms with Crippen LogP contribution in [0.25, 0.3) is 0 Å². The third-order valence-electron chi connectivity index (χ3n) is 2.76. The zero-order chi connectivity index (χ0) is 17.5. The van der Waals surface area contributed by atoms with Gasteiger partial charge in [-0.05, 0) is 11.6 Å². The molecule has 0 saturated heterocycles. The number of hydrogen-bond acceptors (Lipinski definition) is 6. The highest BCUT2D eigenvalue weighted by Crippen LogP contribution is 2.16. The van der Waals surface area contributed by atoms with Crippen molar-refractivity contribution in [2.24, 2.45) is 0 Å². The summed E-state index contributed by atoms with van der Waals surface area (Å²) < 4.78 is 4.87. The van der Waals surface area contributed by atoms with E-state index < -0.39 is 18.5 Å². The number of ether oxygens (including phenoxy) is 1. The van der Waals surface area contributed by atoms with Crippen molar-refractivity contribution in [1.29, 1.82) is 0 Å². The predicted octanol–water partition coefficient (Wildman–Crippen LogP) is 2.23. The van der Waals surface area contributed by atoms with Crippen LogP contribution in [0.3, 0.4) is 0 Å². The highest BCUT2D eigenvalue weighted by molar-refractivity contribution is 7.14. The van der Waals surface area contributed by atoms with E-state index in [1.807, 2.05) is 6.07 Å². The largest absolute Gasteiger partial charge is 0.451 e. The maximum atomic E-state index is 11.8. The smallest absolute Gasteiger partial charge is 0.358 e. The lowest BCUT2D eigenvalue weighted by Gasteiger charge is -2.07. The molecule has 2 aromatic rings. The number of hydrogen-bond donors (Lipinski definition) is 2. The number of carbonyl (C=O) groups excluding carboxylic acids is 3. The topological polar surface area (TPSA) is 97.4 Å². The molecule has 0 bridgehead atoms. The summed E-state index contributed by atoms with van der Waals surface area (Å²) in [6.45, 7) is 1.14. The molecule has 0 saturated carbocycles. The lowest BCUT2D eigenvalue weighted by Crippen LogP contribution is -2.28. The van der Waals surface area contributed by atoms with Gasteiger partial charge < -0.3 is 15.4 Å². The second kappa shape index (κ2) is 8.42. The Morgan fingerprint density at radius 2 is 2.04 bits per heavy atom. The fourth-order valence-electron chi connectivity index (χ4n) is 1.67. The molecule has 1 heterocycles. The van der Waals surface area contributed by atoms with Gasteiger partial charge in [0.15, 0.2) is 17.4 Å². The quantitative estimate of drug-likeness (QED) is 0.763. The van der Waals surface area contributed by atoms with Gasteiger partial charge in [-0.1, -0.05) is 29.8 Å². The molecule has 0 atom stereocenters. The van der Waals surface area contributed by atoms with Crippen LogP contribution in [0.1, 0.15) is 23.0 Å². The van der Waals surface area contributed by atoms with Crippen molar-refractivity contribution in [2.45, 2.75) is 13.5 Å². The number of benzene rings is 1. The van der Waals surface area contributed by atoms with Crippen LogP contribution in [0.5, 0.6) is 0 Å². The number of anilines is 1. The minimum atomic E-state index is -0.740. The molecule has 0 aliphatic rings. The van der Waals surface area contributed by atoms with Crippen molar-refractivity contribution in [2.75, 3.05) is 11.9 Å². The zero-order valence-corrected chi connectivity index (χ0v) is 14.2. The molecule has 0 aliphatic carbocycles. The maximum Gasteiger partial charge on any atom is 0.358 e. The van der Waals surface area contributed by atoms with Crippen molar-refractivity contribution < 1.29 is 19.1 Å². The van der Waals surface area contributed by atoms with E-state index in [0.717, 1.165) is 16.9 Å². The molecule has 1 aromatic carbocycles. The number of nitrogens with one attached hydrogen (secondary N) is 2. The number of nitrogens with zero attached hydrogens (tertiary/aromatic N) is 1. The summed E-state index contributed by atoms with van der Waals surface area (Å²) in [7, 11) is 0. The van der Waals surface area contributed by atoms with Gasteiger partial charge in [0.1, 0.15) is 0 Å². The van der Waals surface area contributed by atoms with Gasteiger partial charge in [-0.3, -0.25) is 9.59 Å². The summed E-state index contributed by atoms with van der Waals surface area (Å²) >= 11 is 7.07. The highest BCUT2D eigenvalue weighted by atomic mass is 35.5. The van der Waals surface area contributed by atoms with Crippen LogP contribution in [0.4, 0.5) is 5.13 Å². The summed E-state index contributed by atoms with van der Waals surface area (Å²) in [5, 5.41) is 7.33. The van der Waals surface area contributed by atoms with Crippen molar-refractivity contribution in [3.05, 3.63) is 45.9 Å². The Morgan fingerprint density at radius 3 is 2.75 bits per heavy atom. The Morgan fingerprint density at radius 1 is 1.29 bits per heavy atom. The third-order valence-corrected chi connectivity index (χ3v) is 3.89. The van der Waals surface area contributed by atoms with Crippen molar-refractivity contribution in [1.82, 2.24) is 10.3 Å². The molecular weight excluding hydrogens is 354 g/mol. The summed E-state index contributed by atoms with van der Waals surface area (Å²) in [5.74, 6) is -1.49. The van der Waals surface area contributed by atoms with E-state index in [4.69, 9.17) is 16.3 Å². The second-order valence-corrected chi connectivity index (χ2v) is 5.93. The van der Waals surface area contributed by atoms with Crippen LogP contribution >= 0.6 is 22.9 Å². The average Bonchev–Trinajstić information content (AvgIpc) is 2.99. The van der Waals surface area contributed by atoms with Gasteiger partial charge in [0.05, 0.1) is 0 Å². The van der Waals surface area contributed by atoms with Crippen LogP contribution in [0, 0.1) is 0 Å². The van der Waals surface area contributed by atoms with Crippen LogP contribution < -0.4 is 10.6 Å². The molecule has 126 valence electrons. The number of esters is 1. The fraction of sp³-hybridized carbons (Fsp3) is 0.200. The lowest BCUT2D eigenvalue weighted by atomic mass is 10.2. The number of carbonyl (C=O) groups is 3. The van der Waals surface area contributed by atoms with Gasteiger partial charge in [0.25, 0.3) is 5.91 Å². The van der Waals surface area contributed by atoms with Gasteiger partial charge >= 0.3 is 5.97 Å². The van der Waals surface area contributed by atoms with Crippen LogP contribution in [-0.2, 0) is 20.9 Å². The number of aromatic nitrogens is 1. The molecule has 2 rings (SSSR count). The Balaban J connectivity index is 1.79. The average molecular weight is 368 g/mol. The molecule has 0 radical (unpaired) electrons. The molecule has 7 nitrogen and oxygen atoms in total. The predicted molar refractivity (Wildman–Crippen MR) is 90.0 cm³/mol. The summed E-state index contributed by atoms with van der Waals surface area (Å²) in [6, 6.07) is 7.10. The Hall–Kier alpha value is -2.45. The van der Waals surface area contributed by atoms with E-state index in [1.165, 1.54) is 12.3 Å². The van der Waals surface area contributed by atoms with Gasteiger partial charge in [-0.15, -0.1) is 11.3 Å². The van der Waals surface area contributed by atoms with Crippen LogP contribution in [-0.4, -0.2) is 29.4 Å². The SMILES string of the molecule is CC(=O)Nc1nc(C(=O)OCC(=O)NCc2ccccc2Cl)cs1. The molecule has 2 N–H and O–H groups in total. The molecular formula is C15H14ClN3O4S. The van der Waals surface area contributed by atoms with Crippen molar-refractivity contribution >= 4 is 45.9 Å². The molecule has 0 aliphatic heterocycles. The fourth-order valence-corrected chi connectivity index (χ4v) is 2.60. The molecule has 1 aromatic heterocycles. The lowest BCUT2D eigenvalue weighted by molar-refractivity contribution is -0.124. The standard InChI is InChI=1S/C15H14ClN3O4S/c1-9(20)18-15-19-12(8-24-15)14(22)23-7-13(21)17-6-10-4-2-3-5-11(10)16/h2-5,8H,6-7H2,1H3,(H,17,21)(H,18,19,20). The van der Waals surface area contributed by atoms with E-state index in [2.05, 4.69) is 15.6 Å². The van der Waals surface area contributed by atoms with Gasteiger partial charge in [0, 0.05) is 23.9 Å². The zero-order valence-electron chi connectivity index (χ0n) is 12.7. The first-order chi connectivity index (χ1) is 11.5. The number of amides is 2. The Bertz CT molecular complexity index is 763. The van der Waals surface area contributed by atoms with Crippen LogP contribution in [0.2, 0.25) is 5.02 Å². The summed E-state index contributed by atoms with van der Waals surface area (Å²) in [5.41, 5.74) is 0.793. The normalized spacial score (nSPS) is 10.1. The van der Waals surface area contributed by atoms with Gasteiger partial charge in [-0.2, -0.15) is 0 Å². The highest BCUT2D eigenvalue weighted by Gasteiger charge is 2.14. The molecule has 24 heavy (non-hydrogen) atoms. The summed E-state index contributed by atoms with van der Waals surface area (Å²) in [4.78, 5) is 38.3.